The van der Waals surface area contributed by atoms with Crippen LogP contribution in [0.3, 0.4) is 0 Å². The number of anilines is 3. The Hall–Kier alpha value is -4.25. The predicted molar refractivity (Wildman–Crippen MR) is 110 cm³/mol. The minimum Gasteiger partial charge on any atom is -0.258 e. The fourth-order valence-electron chi connectivity index (χ4n) is 2.75. The average molecular weight is 430 g/mol. The second-order valence-electron chi connectivity index (χ2n) is 5.85. The zero-order valence-corrected chi connectivity index (χ0v) is 15.7. The minimum atomic E-state index is -0.959. The third-order valence-corrected chi connectivity index (χ3v) is 4.34. The second kappa shape index (κ2) is 8.41. The van der Waals surface area contributed by atoms with Gasteiger partial charge < -0.3 is 0 Å². The van der Waals surface area contributed by atoms with E-state index < -0.39 is 37.5 Å². The van der Waals surface area contributed by atoms with E-state index >= 15 is 0 Å². The molecule has 0 amide bonds. The Kier molecular flexibility index (Phi) is 5.74. The van der Waals surface area contributed by atoms with Crippen LogP contribution in [0.2, 0.25) is 0 Å². The molecule has 3 aromatic carbocycles. The molecule has 152 valence electrons. The van der Waals surface area contributed by atoms with Gasteiger partial charge in [0.2, 0.25) is 5.69 Å². The molecule has 0 bridgehead atoms. The lowest BCUT2D eigenvalue weighted by Gasteiger charge is -2.31. The van der Waals surface area contributed by atoms with Crippen molar-refractivity contribution in [3.8, 4) is 0 Å². The van der Waals surface area contributed by atoms with Crippen molar-refractivity contribution in [2.24, 2.45) is 0 Å². The van der Waals surface area contributed by atoms with Crippen molar-refractivity contribution in [2.45, 2.75) is 0 Å². The van der Waals surface area contributed by atoms with Crippen LogP contribution < -0.4 is 9.54 Å². The van der Waals surface area contributed by atoms with Crippen molar-refractivity contribution in [3.05, 3.63) is 103 Å². The van der Waals surface area contributed by atoms with Crippen LogP contribution in [0.1, 0.15) is 0 Å². The molecule has 3 aromatic rings. The van der Waals surface area contributed by atoms with Gasteiger partial charge in [0.1, 0.15) is 0 Å². The van der Waals surface area contributed by atoms with Crippen molar-refractivity contribution < 1.29 is 14.8 Å². The number of nitro benzene ring substituents is 3. The number of hydrogen-bond donors (Lipinski definition) is 0. The van der Waals surface area contributed by atoms with Crippen LogP contribution in [-0.4, -0.2) is 14.8 Å². The summed E-state index contributed by atoms with van der Waals surface area (Å²) in [6.45, 7) is 0. The molecule has 3 rings (SSSR count). The first-order valence-electron chi connectivity index (χ1n) is 8.28. The number of benzene rings is 3. The van der Waals surface area contributed by atoms with Crippen molar-refractivity contribution in [3.63, 3.8) is 0 Å². The first kappa shape index (κ1) is 20.5. The summed E-state index contributed by atoms with van der Waals surface area (Å²) in [5, 5.41) is 35.7. The molecular formula is C18H12ClN5O6. The molecule has 0 aromatic heterocycles. The zero-order valence-electron chi connectivity index (χ0n) is 15.0. The third kappa shape index (κ3) is 3.95. The molecule has 0 aliphatic carbocycles. The number of hydrogen-bond acceptors (Lipinski definition) is 8. The maximum Gasteiger partial charge on any atom is 0.309 e. The topological polar surface area (TPSA) is 136 Å². The highest BCUT2D eigenvalue weighted by Crippen LogP contribution is 2.44. The van der Waals surface area contributed by atoms with Gasteiger partial charge >= 0.3 is 11.4 Å². The second-order valence-corrected chi connectivity index (χ2v) is 6.17. The van der Waals surface area contributed by atoms with Gasteiger partial charge in [-0.15, -0.1) is 0 Å². The molecule has 30 heavy (non-hydrogen) atoms. The molecule has 0 radical (unpaired) electrons. The Bertz CT molecular complexity index is 1040. The fourth-order valence-corrected chi connectivity index (χ4v) is 3.10. The summed E-state index contributed by atoms with van der Waals surface area (Å²) in [7, 11) is 0. The van der Waals surface area contributed by atoms with Crippen LogP contribution >= 0.6 is 11.8 Å². The standard InChI is InChI=1S/C18H12ClN5O6/c19-21(20(13-7-3-1-4-8-13)14-9-5-2-6-10-14)18-16(23(27)28)11-15(22(25)26)12-17(18)24(29)30/h1-12H. The van der Waals surface area contributed by atoms with E-state index in [0.29, 0.717) is 28.0 Å². The summed E-state index contributed by atoms with van der Waals surface area (Å²) in [5.41, 5.74) is -2.30. The average Bonchev–Trinajstić information content (AvgIpc) is 2.74. The number of rotatable bonds is 7. The molecule has 0 N–H and O–H groups in total. The Labute approximate surface area is 173 Å². The molecule has 0 fully saturated rings. The number of halogens is 1. The molecule has 0 saturated heterocycles. The maximum absolute atomic E-state index is 11.6. The van der Waals surface area contributed by atoms with Gasteiger partial charge in [-0.2, -0.15) is 4.53 Å². The van der Waals surface area contributed by atoms with Crippen molar-refractivity contribution in [1.82, 2.24) is 0 Å². The van der Waals surface area contributed by atoms with Crippen LogP contribution in [0.5, 0.6) is 0 Å². The minimum absolute atomic E-state index is 0.445. The largest absolute Gasteiger partial charge is 0.309 e. The first-order chi connectivity index (χ1) is 14.3. The molecule has 12 heteroatoms. The molecular weight excluding hydrogens is 418 g/mol. The molecule has 0 unspecified atom stereocenters. The van der Waals surface area contributed by atoms with E-state index in [9.17, 15) is 30.3 Å². The number of hydrazine groups is 1. The lowest BCUT2D eigenvalue weighted by atomic mass is 10.2. The van der Waals surface area contributed by atoms with E-state index in [1.165, 1.54) is 5.01 Å². The quantitative estimate of drug-likeness (QED) is 0.286. The number of nitro groups is 3. The van der Waals surface area contributed by atoms with Crippen LogP contribution in [-0.2, 0) is 0 Å². The molecule has 0 atom stereocenters. The van der Waals surface area contributed by atoms with Crippen LogP contribution in [0.25, 0.3) is 0 Å². The number of para-hydroxylation sites is 2. The van der Waals surface area contributed by atoms with Crippen LogP contribution in [0, 0.1) is 30.3 Å². The highest BCUT2D eigenvalue weighted by molar-refractivity contribution is 6.28. The van der Waals surface area contributed by atoms with Gasteiger partial charge in [-0.1, -0.05) is 36.4 Å². The highest BCUT2D eigenvalue weighted by Gasteiger charge is 2.36. The van der Waals surface area contributed by atoms with E-state index in [-0.39, 0.29) is 0 Å². The Morgan fingerprint density at radius 3 is 1.40 bits per heavy atom. The van der Waals surface area contributed by atoms with E-state index in [2.05, 4.69) is 0 Å². The van der Waals surface area contributed by atoms with Gasteiger partial charge in [0.25, 0.3) is 5.69 Å². The summed E-state index contributed by atoms with van der Waals surface area (Å²) in [6, 6.07) is 18.1. The number of nitrogens with zero attached hydrogens (tertiary/aromatic N) is 5. The summed E-state index contributed by atoms with van der Waals surface area (Å²) in [5.74, 6) is 0. The third-order valence-electron chi connectivity index (χ3n) is 4.02. The summed E-state index contributed by atoms with van der Waals surface area (Å²) >= 11 is 6.45. The Morgan fingerprint density at radius 2 is 1.07 bits per heavy atom. The van der Waals surface area contributed by atoms with E-state index in [1.807, 2.05) is 0 Å². The Morgan fingerprint density at radius 1 is 0.667 bits per heavy atom. The molecule has 11 nitrogen and oxygen atoms in total. The summed E-state index contributed by atoms with van der Waals surface area (Å²) < 4.78 is 0.713. The summed E-state index contributed by atoms with van der Waals surface area (Å²) in [4.78, 5) is 31.5. The van der Waals surface area contributed by atoms with Gasteiger partial charge in [-0.25, -0.2) is 5.01 Å². The van der Waals surface area contributed by atoms with E-state index in [0.717, 1.165) is 0 Å². The number of non-ortho nitro benzene ring substituents is 1. The van der Waals surface area contributed by atoms with Crippen molar-refractivity contribution in [1.29, 1.82) is 0 Å². The first-order valence-corrected chi connectivity index (χ1v) is 8.62. The van der Waals surface area contributed by atoms with Gasteiger partial charge in [0, 0.05) is 11.8 Å². The molecule has 0 aliphatic rings. The highest BCUT2D eigenvalue weighted by atomic mass is 35.5. The van der Waals surface area contributed by atoms with Gasteiger partial charge in [0.15, 0.2) is 0 Å². The molecule has 0 aliphatic heterocycles. The van der Waals surface area contributed by atoms with Gasteiger partial charge in [-0.3, -0.25) is 30.3 Å². The van der Waals surface area contributed by atoms with Crippen LogP contribution in [0.15, 0.2) is 72.8 Å². The van der Waals surface area contributed by atoms with Crippen molar-refractivity contribution in [2.75, 3.05) is 9.54 Å². The summed E-state index contributed by atoms with van der Waals surface area (Å²) in [6.07, 6.45) is 0. The normalized spacial score (nSPS) is 10.3. The molecule has 0 heterocycles. The van der Waals surface area contributed by atoms with E-state index in [1.54, 1.807) is 60.7 Å². The maximum atomic E-state index is 11.6. The lowest BCUT2D eigenvalue weighted by Crippen LogP contribution is -2.32. The molecule has 0 saturated carbocycles. The van der Waals surface area contributed by atoms with Crippen molar-refractivity contribution >= 4 is 45.9 Å². The predicted octanol–water partition coefficient (Wildman–Crippen LogP) is 5.12. The monoisotopic (exact) mass is 429 g/mol. The van der Waals surface area contributed by atoms with Gasteiger partial charge in [-0.05, 0) is 24.3 Å². The molecule has 0 spiro atoms. The van der Waals surface area contributed by atoms with Gasteiger partial charge in [0.05, 0.1) is 38.3 Å². The Balaban J connectivity index is 2.29. The lowest BCUT2D eigenvalue weighted by molar-refractivity contribution is -0.402. The zero-order chi connectivity index (χ0) is 21.8. The van der Waals surface area contributed by atoms with Crippen LogP contribution in [0.4, 0.5) is 34.1 Å². The smallest absolute Gasteiger partial charge is 0.258 e. The SMILES string of the molecule is O=[N+]([O-])c1cc([N+](=O)[O-])c(N(Cl)N(c2ccccc2)c2ccccc2)c([N+](=O)[O-])c1. The van der Waals surface area contributed by atoms with E-state index in [4.69, 9.17) is 11.8 Å². The fraction of sp³-hybridized carbons (Fsp3) is 0.